The van der Waals surface area contributed by atoms with Crippen LogP contribution in [-0.4, -0.2) is 48.0 Å². The maximum atomic E-state index is 10.8. The third-order valence-electron chi connectivity index (χ3n) is 3.71. The molecule has 0 aliphatic carbocycles. The lowest BCUT2D eigenvalue weighted by atomic mass is 9.95. The Morgan fingerprint density at radius 3 is 2.69 bits per heavy atom. The van der Waals surface area contributed by atoms with Gasteiger partial charge in [-0.1, -0.05) is 0 Å². The Bertz CT molecular complexity index is 233. The van der Waals surface area contributed by atoms with Gasteiger partial charge in [0.1, 0.15) is 0 Å². The van der Waals surface area contributed by atoms with Crippen molar-refractivity contribution in [2.24, 2.45) is 5.92 Å². The van der Waals surface area contributed by atoms with Gasteiger partial charge in [-0.05, 0) is 44.0 Å². The lowest BCUT2D eigenvalue weighted by Crippen LogP contribution is -2.43. The third kappa shape index (κ3) is 3.39. The summed E-state index contributed by atoms with van der Waals surface area (Å²) in [7, 11) is 0. The van der Waals surface area contributed by atoms with Gasteiger partial charge in [0.15, 0.2) is 0 Å². The van der Waals surface area contributed by atoms with Crippen molar-refractivity contribution in [2.75, 3.05) is 31.1 Å². The Labute approximate surface area is 102 Å². The fourth-order valence-electron chi connectivity index (χ4n) is 2.62. The van der Waals surface area contributed by atoms with Crippen molar-refractivity contribution in [1.82, 2.24) is 10.2 Å². The average Bonchev–Trinajstić information content (AvgIpc) is 2.80. The number of nitrogens with one attached hydrogen (secondary N) is 1. The van der Waals surface area contributed by atoms with Gasteiger partial charge in [0.05, 0.1) is 0 Å². The van der Waals surface area contributed by atoms with E-state index in [4.69, 9.17) is 0 Å². The Morgan fingerprint density at radius 2 is 2.12 bits per heavy atom. The van der Waals surface area contributed by atoms with Crippen LogP contribution in [0.25, 0.3) is 0 Å². The van der Waals surface area contributed by atoms with Crippen molar-refractivity contribution in [3.63, 3.8) is 0 Å². The van der Waals surface area contributed by atoms with Crippen molar-refractivity contribution >= 4 is 17.7 Å². The first kappa shape index (κ1) is 12.2. The van der Waals surface area contributed by atoms with Gasteiger partial charge in [0.2, 0.25) is 5.91 Å². The minimum absolute atomic E-state index is 0.106. The highest BCUT2D eigenvalue weighted by molar-refractivity contribution is 7.99. The molecule has 2 saturated heterocycles. The summed E-state index contributed by atoms with van der Waals surface area (Å²) in [4.78, 5) is 13.5. The molecule has 2 aliphatic rings. The van der Waals surface area contributed by atoms with Crippen LogP contribution in [0, 0.1) is 5.92 Å². The van der Waals surface area contributed by atoms with E-state index >= 15 is 0 Å². The molecule has 0 unspecified atom stereocenters. The van der Waals surface area contributed by atoms with Gasteiger partial charge < -0.3 is 5.32 Å². The normalized spacial score (nSPS) is 28.2. The largest absolute Gasteiger partial charge is 0.356 e. The number of hydrogen-bond acceptors (Lipinski definition) is 3. The maximum Gasteiger partial charge on any atom is 0.216 e. The van der Waals surface area contributed by atoms with E-state index in [1.807, 2.05) is 0 Å². The van der Waals surface area contributed by atoms with Gasteiger partial charge in [-0.25, -0.2) is 0 Å². The molecule has 0 aromatic heterocycles. The van der Waals surface area contributed by atoms with Gasteiger partial charge in [-0.2, -0.15) is 11.8 Å². The number of thioether (sulfide) groups is 1. The zero-order valence-electron chi connectivity index (χ0n) is 10.1. The molecule has 0 aromatic carbocycles. The predicted octanol–water partition coefficient (Wildman–Crippen LogP) is 1.34. The van der Waals surface area contributed by atoms with Gasteiger partial charge >= 0.3 is 0 Å². The van der Waals surface area contributed by atoms with Crippen molar-refractivity contribution in [3.8, 4) is 0 Å². The minimum atomic E-state index is 0.106. The van der Waals surface area contributed by atoms with E-state index < -0.39 is 0 Å². The van der Waals surface area contributed by atoms with E-state index in [-0.39, 0.29) is 5.91 Å². The predicted molar refractivity (Wildman–Crippen MR) is 68.7 cm³/mol. The van der Waals surface area contributed by atoms with Gasteiger partial charge in [-0.3, -0.25) is 9.69 Å². The standard InChI is InChI=1S/C12H22N2OS/c1-10(15)13-8-11-2-5-14(6-3-11)12-4-7-16-9-12/h11-12H,2-9H2,1H3,(H,13,15)/t12-/m0/s1. The highest BCUT2D eigenvalue weighted by atomic mass is 32.2. The first-order valence-corrected chi connectivity index (χ1v) is 7.47. The van der Waals surface area contributed by atoms with Crippen LogP contribution in [0.15, 0.2) is 0 Å². The third-order valence-corrected chi connectivity index (χ3v) is 4.86. The van der Waals surface area contributed by atoms with Crippen LogP contribution in [-0.2, 0) is 4.79 Å². The topological polar surface area (TPSA) is 32.3 Å². The fourth-order valence-corrected chi connectivity index (χ4v) is 3.88. The first-order chi connectivity index (χ1) is 7.75. The summed E-state index contributed by atoms with van der Waals surface area (Å²) in [6.07, 6.45) is 3.88. The van der Waals surface area contributed by atoms with E-state index in [1.54, 1.807) is 6.92 Å². The Hall–Kier alpha value is -0.220. The Morgan fingerprint density at radius 1 is 1.38 bits per heavy atom. The Balaban J connectivity index is 1.67. The van der Waals surface area contributed by atoms with Crippen LogP contribution < -0.4 is 5.32 Å². The van der Waals surface area contributed by atoms with Crippen molar-refractivity contribution in [1.29, 1.82) is 0 Å². The summed E-state index contributed by atoms with van der Waals surface area (Å²) in [5.41, 5.74) is 0. The molecule has 0 saturated carbocycles. The summed E-state index contributed by atoms with van der Waals surface area (Å²) < 4.78 is 0. The number of nitrogens with zero attached hydrogens (tertiary/aromatic N) is 1. The number of rotatable bonds is 3. The number of carbonyl (C=O) groups is 1. The molecule has 2 fully saturated rings. The lowest BCUT2D eigenvalue weighted by molar-refractivity contribution is -0.119. The zero-order chi connectivity index (χ0) is 11.4. The highest BCUT2D eigenvalue weighted by Gasteiger charge is 2.27. The first-order valence-electron chi connectivity index (χ1n) is 6.32. The van der Waals surface area contributed by atoms with Gasteiger partial charge in [-0.15, -0.1) is 0 Å². The van der Waals surface area contributed by atoms with Gasteiger partial charge in [0.25, 0.3) is 0 Å². The zero-order valence-corrected chi connectivity index (χ0v) is 10.9. The maximum absolute atomic E-state index is 10.8. The molecule has 2 rings (SSSR count). The van der Waals surface area contributed by atoms with Gasteiger partial charge in [0, 0.05) is 25.3 Å². The number of carbonyl (C=O) groups excluding carboxylic acids is 1. The number of likely N-dealkylation sites (tertiary alicyclic amines) is 1. The minimum Gasteiger partial charge on any atom is -0.356 e. The number of piperidine rings is 1. The van der Waals surface area contributed by atoms with E-state index in [1.165, 1.54) is 43.9 Å². The van der Waals surface area contributed by atoms with Crippen LogP contribution in [0.1, 0.15) is 26.2 Å². The fraction of sp³-hybridized carbons (Fsp3) is 0.917. The summed E-state index contributed by atoms with van der Waals surface area (Å²) >= 11 is 2.09. The molecule has 2 heterocycles. The molecule has 16 heavy (non-hydrogen) atoms. The second-order valence-corrected chi connectivity index (χ2v) is 6.08. The van der Waals surface area contributed by atoms with Crippen LogP contribution in [0.5, 0.6) is 0 Å². The van der Waals surface area contributed by atoms with E-state index in [0.29, 0.717) is 5.92 Å². The summed E-state index contributed by atoms with van der Waals surface area (Å²) in [5, 5.41) is 2.94. The van der Waals surface area contributed by atoms with Crippen molar-refractivity contribution in [3.05, 3.63) is 0 Å². The summed E-state index contributed by atoms with van der Waals surface area (Å²) in [5.74, 6) is 3.48. The van der Waals surface area contributed by atoms with E-state index in [9.17, 15) is 4.79 Å². The quantitative estimate of drug-likeness (QED) is 0.810. The molecular weight excluding hydrogens is 220 g/mol. The molecule has 4 heteroatoms. The molecule has 1 atom stereocenters. The molecular formula is C12H22N2OS. The van der Waals surface area contributed by atoms with Crippen molar-refractivity contribution < 1.29 is 4.79 Å². The van der Waals surface area contributed by atoms with Crippen LogP contribution in [0.2, 0.25) is 0 Å². The molecule has 2 aliphatic heterocycles. The monoisotopic (exact) mass is 242 g/mol. The SMILES string of the molecule is CC(=O)NCC1CCN([C@H]2CCSC2)CC1. The molecule has 0 spiro atoms. The number of hydrogen-bond donors (Lipinski definition) is 1. The van der Waals surface area contributed by atoms with Crippen molar-refractivity contribution in [2.45, 2.75) is 32.2 Å². The van der Waals surface area contributed by atoms with E-state index in [0.717, 1.165) is 12.6 Å². The van der Waals surface area contributed by atoms with E-state index in [2.05, 4.69) is 22.0 Å². The highest BCUT2D eigenvalue weighted by Crippen LogP contribution is 2.26. The molecule has 3 nitrogen and oxygen atoms in total. The van der Waals surface area contributed by atoms with Crippen LogP contribution >= 0.6 is 11.8 Å². The average molecular weight is 242 g/mol. The van der Waals surface area contributed by atoms with Crippen LogP contribution in [0.4, 0.5) is 0 Å². The van der Waals surface area contributed by atoms with Crippen LogP contribution in [0.3, 0.4) is 0 Å². The second kappa shape index (κ2) is 5.92. The smallest absolute Gasteiger partial charge is 0.216 e. The lowest BCUT2D eigenvalue weighted by Gasteiger charge is -2.35. The molecule has 1 amide bonds. The molecule has 0 radical (unpaired) electrons. The molecule has 92 valence electrons. The summed E-state index contributed by atoms with van der Waals surface area (Å²) in [6, 6.07) is 0.840. The molecule has 0 aromatic rings. The summed E-state index contributed by atoms with van der Waals surface area (Å²) in [6.45, 7) is 4.94. The Kier molecular flexibility index (Phi) is 4.53. The molecule has 0 bridgehead atoms. The molecule has 1 N–H and O–H groups in total. The second-order valence-electron chi connectivity index (χ2n) is 4.93. The number of amides is 1.